The molecule has 3 aromatic carbocycles. The lowest BCUT2D eigenvalue weighted by Gasteiger charge is -2.32. The van der Waals surface area contributed by atoms with Crippen molar-refractivity contribution in [3.05, 3.63) is 98.0 Å². The van der Waals surface area contributed by atoms with E-state index in [1.807, 2.05) is 44.2 Å². The molecule has 3 aromatic rings. The van der Waals surface area contributed by atoms with Crippen molar-refractivity contribution in [2.75, 3.05) is 6.61 Å². The van der Waals surface area contributed by atoms with Gasteiger partial charge in [-0.15, -0.1) is 0 Å². The summed E-state index contributed by atoms with van der Waals surface area (Å²) in [5.41, 5.74) is 3.37. The maximum absolute atomic E-state index is 13.8. The first-order valence-corrected chi connectivity index (χ1v) is 14.3. The summed E-state index contributed by atoms with van der Waals surface area (Å²) in [5.74, 6) is 0.0402. The van der Waals surface area contributed by atoms with Gasteiger partial charge in [0.25, 0.3) is 5.91 Å². The Hall–Kier alpha value is -2.73. The van der Waals surface area contributed by atoms with Crippen molar-refractivity contribution < 1.29 is 14.3 Å². The Balaban J connectivity index is 1.64. The molecule has 0 heterocycles. The van der Waals surface area contributed by atoms with Crippen LogP contribution in [0.5, 0.6) is 5.75 Å². The number of nitrogens with one attached hydrogen (secondary N) is 1. The van der Waals surface area contributed by atoms with Crippen LogP contribution >= 0.6 is 34.8 Å². The van der Waals surface area contributed by atoms with Gasteiger partial charge in [0.15, 0.2) is 6.61 Å². The summed E-state index contributed by atoms with van der Waals surface area (Å²) in [6.07, 6.45) is 4.42. The summed E-state index contributed by atoms with van der Waals surface area (Å²) < 4.78 is 5.93. The van der Waals surface area contributed by atoms with Crippen LogP contribution in [0.25, 0.3) is 0 Å². The van der Waals surface area contributed by atoms with Crippen molar-refractivity contribution in [3.8, 4) is 5.75 Å². The second kappa shape index (κ2) is 13.6. The minimum absolute atomic E-state index is 0.114. The van der Waals surface area contributed by atoms with Crippen LogP contribution in [0.3, 0.4) is 0 Å². The van der Waals surface area contributed by atoms with Crippen LogP contribution in [-0.2, 0) is 22.6 Å². The molecule has 2 amide bonds. The van der Waals surface area contributed by atoms with E-state index >= 15 is 0 Å². The molecule has 1 aliphatic rings. The van der Waals surface area contributed by atoms with Crippen LogP contribution in [0, 0.1) is 13.8 Å². The average molecular weight is 588 g/mol. The molecule has 0 aromatic heterocycles. The monoisotopic (exact) mass is 586 g/mol. The summed E-state index contributed by atoms with van der Waals surface area (Å²) in [7, 11) is 0. The third-order valence-electron chi connectivity index (χ3n) is 7.10. The lowest BCUT2D eigenvalue weighted by Crippen LogP contribution is -2.53. The Labute approximate surface area is 245 Å². The summed E-state index contributed by atoms with van der Waals surface area (Å²) in [6.45, 7) is 3.67. The van der Waals surface area contributed by atoms with Gasteiger partial charge in [0.1, 0.15) is 11.8 Å². The van der Waals surface area contributed by atoms with E-state index in [9.17, 15) is 9.59 Å². The van der Waals surface area contributed by atoms with E-state index in [4.69, 9.17) is 39.5 Å². The predicted molar refractivity (Wildman–Crippen MR) is 158 cm³/mol. The number of carbonyl (C=O) groups excluding carboxylic acids is 2. The van der Waals surface area contributed by atoms with E-state index in [-0.39, 0.29) is 31.0 Å². The van der Waals surface area contributed by atoms with E-state index in [0.717, 1.165) is 42.4 Å². The number of aryl methyl sites for hydroxylation is 2. The minimum atomic E-state index is -0.760. The van der Waals surface area contributed by atoms with Crippen LogP contribution in [0.1, 0.15) is 47.9 Å². The Morgan fingerprint density at radius 2 is 1.64 bits per heavy atom. The van der Waals surface area contributed by atoms with Gasteiger partial charge in [0, 0.05) is 34.1 Å². The molecule has 1 fully saturated rings. The molecule has 4 rings (SSSR count). The number of halogens is 3. The van der Waals surface area contributed by atoms with Crippen LogP contribution < -0.4 is 10.1 Å². The van der Waals surface area contributed by atoms with Gasteiger partial charge in [-0.1, -0.05) is 84.0 Å². The summed E-state index contributed by atoms with van der Waals surface area (Å²) in [4.78, 5) is 29.2. The van der Waals surface area contributed by atoms with Crippen LogP contribution in [0.4, 0.5) is 0 Å². The zero-order valence-corrected chi connectivity index (χ0v) is 24.5. The maximum Gasteiger partial charge on any atom is 0.261 e. The standard InChI is InChI=1S/C31H33Cl3N2O3/c1-20-14-26(15-21(2)30(20)34)39-19-29(37)36(18-23-12-13-24(32)17-27(23)33)28(16-22-8-4-3-5-9-22)31(38)35-25-10-6-7-11-25/h3-5,8-9,12-15,17,25,28H,6-7,10-11,16,18-19H2,1-2H3,(H,35,38). The van der Waals surface area contributed by atoms with Gasteiger partial charge in [0.2, 0.25) is 5.91 Å². The molecule has 1 saturated carbocycles. The highest BCUT2D eigenvalue weighted by atomic mass is 35.5. The number of rotatable bonds is 10. The van der Waals surface area contributed by atoms with Crippen LogP contribution in [0.2, 0.25) is 15.1 Å². The molecule has 1 atom stereocenters. The molecule has 1 N–H and O–H groups in total. The fourth-order valence-corrected chi connectivity index (χ4v) is 5.55. The van der Waals surface area contributed by atoms with Crippen molar-refractivity contribution in [2.24, 2.45) is 0 Å². The van der Waals surface area contributed by atoms with Crippen molar-refractivity contribution in [1.29, 1.82) is 0 Å². The van der Waals surface area contributed by atoms with E-state index in [1.54, 1.807) is 35.2 Å². The molecule has 8 heteroatoms. The third-order valence-corrected chi connectivity index (χ3v) is 8.28. The first-order chi connectivity index (χ1) is 18.7. The third kappa shape index (κ3) is 7.91. The number of carbonyl (C=O) groups is 2. The number of hydrogen-bond acceptors (Lipinski definition) is 3. The first kappa shape index (κ1) is 29.3. The lowest BCUT2D eigenvalue weighted by molar-refractivity contribution is -0.143. The predicted octanol–water partition coefficient (Wildman–Crippen LogP) is 7.34. The van der Waals surface area contributed by atoms with Gasteiger partial charge in [-0.3, -0.25) is 9.59 Å². The molecular formula is C31H33Cl3N2O3. The average Bonchev–Trinajstić information content (AvgIpc) is 3.42. The van der Waals surface area contributed by atoms with E-state index in [1.165, 1.54) is 0 Å². The lowest BCUT2D eigenvalue weighted by atomic mass is 10.0. The van der Waals surface area contributed by atoms with Gasteiger partial charge in [-0.25, -0.2) is 0 Å². The molecule has 39 heavy (non-hydrogen) atoms. The fourth-order valence-electron chi connectivity index (χ4n) is 4.97. The topological polar surface area (TPSA) is 58.6 Å². The van der Waals surface area contributed by atoms with Crippen molar-refractivity contribution in [3.63, 3.8) is 0 Å². The highest BCUT2D eigenvalue weighted by Gasteiger charge is 2.32. The summed E-state index contributed by atoms with van der Waals surface area (Å²) in [5, 5.41) is 4.79. The Morgan fingerprint density at radius 3 is 2.28 bits per heavy atom. The largest absolute Gasteiger partial charge is 0.484 e. The number of hydrogen-bond donors (Lipinski definition) is 1. The second-order valence-corrected chi connectivity index (χ2v) is 11.3. The molecule has 0 radical (unpaired) electrons. The second-order valence-electron chi connectivity index (χ2n) is 10.1. The van der Waals surface area contributed by atoms with Crippen molar-refractivity contribution >= 4 is 46.6 Å². The summed E-state index contributed by atoms with van der Waals surface area (Å²) in [6, 6.07) is 17.8. The SMILES string of the molecule is Cc1cc(OCC(=O)N(Cc2ccc(Cl)cc2Cl)C(Cc2ccccc2)C(=O)NC2CCCC2)cc(C)c1Cl. The molecule has 0 saturated heterocycles. The fraction of sp³-hybridized carbons (Fsp3) is 0.355. The van der Waals surface area contributed by atoms with E-state index in [0.29, 0.717) is 32.8 Å². The molecule has 206 valence electrons. The number of nitrogens with zero attached hydrogens (tertiary/aromatic N) is 1. The molecule has 0 spiro atoms. The normalized spacial score (nSPS) is 14.2. The molecule has 0 bridgehead atoms. The minimum Gasteiger partial charge on any atom is -0.484 e. The molecule has 1 aliphatic carbocycles. The van der Waals surface area contributed by atoms with Crippen molar-refractivity contribution in [1.82, 2.24) is 10.2 Å². The van der Waals surface area contributed by atoms with Gasteiger partial charge in [-0.2, -0.15) is 0 Å². The number of amides is 2. The Morgan fingerprint density at radius 1 is 0.974 bits per heavy atom. The highest BCUT2D eigenvalue weighted by Crippen LogP contribution is 2.27. The van der Waals surface area contributed by atoms with Crippen LogP contribution in [-0.4, -0.2) is 35.4 Å². The van der Waals surface area contributed by atoms with E-state index < -0.39 is 6.04 Å². The molecule has 1 unspecified atom stereocenters. The Kier molecular flexibility index (Phi) is 10.2. The smallest absolute Gasteiger partial charge is 0.261 e. The number of benzene rings is 3. The van der Waals surface area contributed by atoms with Gasteiger partial charge in [0.05, 0.1) is 0 Å². The van der Waals surface area contributed by atoms with Crippen molar-refractivity contribution in [2.45, 2.75) is 64.6 Å². The highest BCUT2D eigenvalue weighted by molar-refractivity contribution is 6.35. The molecule has 0 aliphatic heterocycles. The van der Waals surface area contributed by atoms with E-state index in [2.05, 4.69) is 5.32 Å². The van der Waals surface area contributed by atoms with Gasteiger partial charge >= 0.3 is 0 Å². The van der Waals surface area contributed by atoms with Gasteiger partial charge < -0.3 is 15.0 Å². The summed E-state index contributed by atoms with van der Waals surface area (Å²) >= 11 is 18.9. The van der Waals surface area contributed by atoms with Gasteiger partial charge in [-0.05, 0) is 73.2 Å². The quantitative estimate of drug-likeness (QED) is 0.270. The van der Waals surface area contributed by atoms with Crippen LogP contribution in [0.15, 0.2) is 60.7 Å². The zero-order valence-electron chi connectivity index (χ0n) is 22.2. The molecular weight excluding hydrogens is 555 g/mol. The Bertz CT molecular complexity index is 1290. The maximum atomic E-state index is 13.8. The first-order valence-electron chi connectivity index (χ1n) is 13.2. The number of ether oxygens (including phenoxy) is 1. The molecule has 5 nitrogen and oxygen atoms in total. The zero-order chi connectivity index (χ0) is 27.9.